The van der Waals surface area contributed by atoms with Crippen molar-refractivity contribution in [3.63, 3.8) is 0 Å². The zero-order chi connectivity index (χ0) is 10.7. The standard InChI is InChI=1S/C11H13BrN2O/c12-7-11(3-4-11)8-14-10(15)9-1-5-13-6-2-9/h1-2,5-6H,3-4,7-8H2,(H,14,15). The maximum absolute atomic E-state index is 11.7. The summed E-state index contributed by atoms with van der Waals surface area (Å²) < 4.78 is 0. The van der Waals surface area contributed by atoms with Gasteiger partial charge in [-0.1, -0.05) is 15.9 Å². The van der Waals surface area contributed by atoms with E-state index in [-0.39, 0.29) is 5.91 Å². The van der Waals surface area contributed by atoms with Crippen LogP contribution in [0.2, 0.25) is 0 Å². The molecule has 3 nitrogen and oxygen atoms in total. The second-order valence-corrected chi connectivity index (χ2v) is 4.61. The van der Waals surface area contributed by atoms with Crippen LogP contribution in [-0.4, -0.2) is 22.8 Å². The lowest BCUT2D eigenvalue weighted by molar-refractivity contribution is 0.0946. The van der Waals surface area contributed by atoms with Gasteiger partial charge in [0, 0.05) is 29.8 Å². The number of aromatic nitrogens is 1. The third kappa shape index (κ3) is 2.56. The summed E-state index contributed by atoms with van der Waals surface area (Å²) in [6.07, 6.45) is 5.67. The van der Waals surface area contributed by atoms with Crippen molar-refractivity contribution >= 4 is 21.8 Å². The molecule has 0 unspecified atom stereocenters. The number of alkyl halides is 1. The number of nitrogens with zero attached hydrogens (tertiary/aromatic N) is 1. The van der Waals surface area contributed by atoms with Crippen molar-refractivity contribution in [2.45, 2.75) is 12.8 Å². The van der Waals surface area contributed by atoms with Gasteiger partial charge >= 0.3 is 0 Å². The number of carbonyl (C=O) groups is 1. The second-order valence-electron chi connectivity index (χ2n) is 4.05. The Morgan fingerprint density at radius 2 is 2.13 bits per heavy atom. The molecule has 1 amide bonds. The summed E-state index contributed by atoms with van der Waals surface area (Å²) in [5, 5.41) is 3.92. The normalized spacial score (nSPS) is 17.1. The van der Waals surface area contributed by atoms with E-state index in [0.717, 1.165) is 11.9 Å². The van der Waals surface area contributed by atoms with E-state index in [9.17, 15) is 4.79 Å². The summed E-state index contributed by atoms with van der Waals surface area (Å²) in [5.41, 5.74) is 0.998. The zero-order valence-electron chi connectivity index (χ0n) is 8.37. The fourth-order valence-electron chi connectivity index (χ4n) is 1.41. The van der Waals surface area contributed by atoms with Gasteiger partial charge in [-0.25, -0.2) is 0 Å². The van der Waals surface area contributed by atoms with Crippen molar-refractivity contribution in [2.24, 2.45) is 5.41 Å². The molecule has 0 radical (unpaired) electrons. The quantitative estimate of drug-likeness (QED) is 0.849. The lowest BCUT2D eigenvalue weighted by Gasteiger charge is -2.12. The number of hydrogen-bond donors (Lipinski definition) is 1. The number of amides is 1. The van der Waals surface area contributed by atoms with Gasteiger partial charge < -0.3 is 5.32 Å². The summed E-state index contributed by atoms with van der Waals surface area (Å²) in [7, 11) is 0. The van der Waals surface area contributed by atoms with E-state index >= 15 is 0 Å². The minimum atomic E-state index is -0.00961. The Hall–Kier alpha value is -0.900. The average molecular weight is 269 g/mol. The molecule has 0 aliphatic heterocycles. The number of rotatable bonds is 4. The van der Waals surface area contributed by atoms with E-state index in [1.54, 1.807) is 24.5 Å². The highest BCUT2D eigenvalue weighted by molar-refractivity contribution is 9.09. The molecule has 2 rings (SSSR count). The van der Waals surface area contributed by atoms with Crippen LogP contribution >= 0.6 is 15.9 Å². The number of pyridine rings is 1. The molecule has 80 valence electrons. The lowest BCUT2D eigenvalue weighted by Crippen LogP contribution is -2.30. The Morgan fingerprint density at radius 3 is 2.67 bits per heavy atom. The fourth-order valence-corrected chi connectivity index (χ4v) is 2.17. The van der Waals surface area contributed by atoms with E-state index in [2.05, 4.69) is 26.2 Å². The molecule has 1 aromatic heterocycles. The van der Waals surface area contributed by atoms with Crippen molar-refractivity contribution < 1.29 is 4.79 Å². The predicted molar refractivity (Wildman–Crippen MR) is 62.0 cm³/mol. The third-order valence-corrected chi connectivity index (χ3v) is 4.00. The van der Waals surface area contributed by atoms with Gasteiger partial charge in [0.05, 0.1) is 0 Å². The first-order chi connectivity index (χ1) is 7.26. The highest BCUT2D eigenvalue weighted by Crippen LogP contribution is 2.46. The fraction of sp³-hybridized carbons (Fsp3) is 0.455. The molecular weight excluding hydrogens is 256 g/mol. The molecule has 1 heterocycles. The van der Waals surface area contributed by atoms with Crippen LogP contribution in [-0.2, 0) is 0 Å². The van der Waals surface area contributed by atoms with Crippen molar-refractivity contribution in [2.75, 3.05) is 11.9 Å². The zero-order valence-corrected chi connectivity index (χ0v) is 9.96. The Morgan fingerprint density at radius 1 is 1.47 bits per heavy atom. The molecular formula is C11H13BrN2O. The minimum absolute atomic E-state index is 0.00961. The van der Waals surface area contributed by atoms with Crippen LogP contribution in [0.25, 0.3) is 0 Å². The molecule has 1 fully saturated rings. The molecule has 1 aliphatic rings. The first kappa shape index (κ1) is 10.6. The van der Waals surface area contributed by atoms with E-state index < -0.39 is 0 Å². The van der Waals surface area contributed by atoms with Gasteiger partial charge in [0.15, 0.2) is 0 Å². The van der Waals surface area contributed by atoms with Crippen LogP contribution in [0, 0.1) is 5.41 Å². The van der Waals surface area contributed by atoms with E-state index in [1.165, 1.54) is 12.8 Å². The Labute approximate surface area is 97.4 Å². The van der Waals surface area contributed by atoms with Crippen LogP contribution in [0.15, 0.2) is 24.5 Å². The van der Waals surface area contributed by atoms with Crippen LogP contribution in [0.4, 0.5) is 0 Å². The number of halogens is 1. The van der Waals surface area contributed by atoms with Gasteiger partial charge in [-0.15, -0.1) is 0 Å². The first-order valence-electron chi connectivity index (χ1n) is 5.00. The number of hydrogen-bond acceptors (Lipinski definition) is 2. The Balaban J connectivity index is 1.88. The topological polar surface area (TPSA) is 42.0 Å². The SMILES string of the molecule is O=C(NCC1(CBr)CC1)c1ccncc1. The summed E-state index contributed by atoms with van der Waals surface area (Å²) in [5.74, 6) is -0.00961. The van der Waals surface area contributed by atoms with Crippen LogP contribution in [0.3, 0.4) is 0 Å². The first-order valence-corrected chi connectivity index (χ1v) is 6.12. The van der Waals surface area contributed by atoms with E-state index in [1.807, 2.05) is 0 Å². The molecule has 4 heteroatoms. The number of carbonyl (C=O) groups excluding carboxylic acids is 1. The van der Waals surface area contributed by atoms with Crippen molar-refractivity contribution in [1.29, 1.82) is 0 Å². The molecule has 0 atom stereocenters. The van der Waals surface area contributed by atoms with Gasteiger partial charge in [0.1, 0.15) is 0 Å². The van der Waals surface area contributed by atoms with Crippen LogP contribution < -0.4 is 5.32 Å². The van der Waals surface area contributed by atoms with Gasteiger partial charge in [0.25, 0.3) is 5.91 Å². The smallest absolute Gasteiger partial charge is 0.251 e. The maximum Gasteiger partial charge on any atom is 0.251 e. The Bertz CT molecular complexity index is 349. The van der Waals surface area contributed by atoms with Gasteiger partial charge in [-0.2, -0.15) is 0 Å². The largest absolute Gasteiger partial charge is 0.351 e. The molecule has 0 saturated heterocycles. The predicted octanol–water partition coefficient (Wildman–Crippen LogP) is 1.99. The van der Waals surface area contributed by atoms with Gasteiger partial charge in [-0.3, -0.25) is 9.78 Å². The molecule has 1 N–H and O–H groups in total. The van der Waals surface area contributed by atoms with Crippen LogP contribution in [0.1, 0.15) is 23.2 Å². The molecule has 0 aromatic carbocycles. The maximum atomic E-state index is 11.7. The lowest BCUT2D eigenvalue weighted by atomic mass is 10.1. The average Bonchev–Trinajstić information content (AvgIpc) is 3.08. The highest BCUT2D eigenvalue weighted by Gasteiger charge is 2.41. The summed E-state index contributed by atoms with van der Waals surface area (Å²) in [6, 6.07) is 3.45. The monoisotopic (exact) mass is 268 g/mol. The molecule has 0 bridgehead atoms. The molecule has 15 heavy (non-hydrogen) atoms. The van der Waals surface area contributed by atoms with Gasteiger partial charge in [0.2, 0.25) is 0 Å². The van der Waals surface area contributed by atoms with Crippen molar-refractivity contribution in [1.82, 2.24) is 10.3 Å². The summed E-state index contributed by atoms with van der Waals surface area (Å²) in [4.78, 5) is 15.6. The number of nitrogens with one attached hydrogen (secondary N) is 1. The highest BCUT2D eigenvalue weighted by atomic mass is 79.9. The minimum Gasteiger partial charge on any atom is -0.351 e. The molecule has 1 aliphatic carbocycles. The molecule has 0 spiro atoms. The van der Waals surface area contributed by atoms with Crippen molar-refractivity contribution in [3.05, 3.63) is 30.1 Å². The molecule has 1 saturated carbocycles. The van der Waals surface area contributed by atoms with Crippen LogP contribution in [0.5, 0.6) is 0 Å². The second kappa shape index (κ2) is 4.31. The van der Waals surface area contributed by atoms with E-state index in [4.69, 9.17) is 0 Å². The van der Waals surface area contributed by atoms with E-state index in [0.29, 0.717) is 11.0 Å². The molecule has 1 aromatic rings. The summed E-state index contributed by atoms with van der Waals surface area (Å²) >= 11 is 3.48. The summed E-state index contributed by atoms with van der Waals surface area (Å²) in [6.45, 7) is 0.763. The van der Waals surface area contributed by atoms with Crippen molar-refractivity contribution in [3.8, 4) is 0 Å². The third-order valence-electron chi connectivity index (χ3n) is 2.81. The van der Waals surface area contributed by atoms with Gasteiger partial charge in [-0.05, 0) is 30.4 Å². The Kier molecular flexibility index (Phi) is 3.05.